The topological polar surface area (TPSA) is 9.23 Å². The predicted molar refractivity (Wildman–Crippen MR) is 42.6 cm³/mol. The van der Waals surface area contributed by atoms with Crippen LogP contribution in [0.15, 0.2) is 24.3 Å². The van der Waals surface area contributed by atoms with E-state index in [0.717, 1.165) is 6.61 Å². The molecule has 0 aromatic carbocycles. The van der Waals surface area contributed by atoms with Crippen LogP contribution in [0.25, 0.3) is 0 Å². The molecule has 0 amide bonds. The lowest BCUT2D eigenvalue weighted by Crippen LogP contribution is -2.26. The van der Waals surface area contributed by atoms with Crippen molar-refractivity contribution in [3.63, 3.8) is 0 Å². The molecule has 0 aliphatic heterocycles. The smallest absolute Gasteiger partial charge is 0.0906 e. The third kappa shape index (κ3) is 1.71. The zero-order valence-corrected chi connectivity index (χ0v) is 6.50. The molecular weight excluding hydrogens is 124 g/mol. The van der Waals surface area contributed by atoms with Crippen molar-refractivity contribution in [1.29, 1.82) is 0 Å². The third-order valence-corrected chi connectivity index (χ3v) is 1.53. The van der Waals surface area contributed by atoms with E-state index in [1.165, 1.54) is 0 Å². The van der Waals surface area contributed by atoms with E-state index in [2.05, 4.69) is 19.4 Å². The predicted octanol–water partition coefficient (Wildman–Crippen LogP) is 2.11. The average Bonchev–Trinajstić information content (AvgIpc) is 1.89. The standard InChI is InChI=1S/C9H13O/c1-3-10-9(2)7-5-4-6-8-9/h4-8H,3H2,1-2H3. The molecule has 1 aliphatic rings. The van der Waals surface area contributed by atoms with Crippen LogP contribution in [0, 0.1) is 6.42 Å². The van der Waals surface area contributed by atoms with Gasteiger partial charge in [0.05, 0.1) is 5.60 Å². The zero-order chi connectivity index (χ0) is 7.45. The van der Waals surface area contributed by atoms with E-state index in [-0.39, 0.29) is 5.60 Å². The lowest BCUT2D eigenvalue weighted by atomic mass is 9.98. The van der Waals surface area contributed by atoms with E-state index in [1.54, 1.807) is 0 Å². The normalized spacial score (nSPS) is 31.0. The minimum Gasteiger partial charge on any atom is -0.371 e. The van der Waals surface area contributed by atoms with Crippen LogP contribution in [0.4, 0.5) is 0 Å². The highest BCUT2D eigenvalue weighted by molar-refractivity contribution is 5.25. The van der Waals surface area contributed by atoms with E-state index in [4.69, 9.17) is 4.74 Å². The van der Waals surface area contributed by atoms with Crippen molar-refractivity contribution in [2.45, 2.75) is 19.4 Å². The minimum atomic E-state index is -0.163. The molecule has 0 aromatic heterocycles. The second-order valence-electron chi connectivity index (χ2n) is 2.53. The Labute approximate surface area is 62.4 Å². The first-order chi connectivity index (χ1) is 4.77. The number of ether oxygens (including phenoxy) is 1. The van der Waals surface area contributed by atoms with Crippen molar-refractivity contribution in [2.24, 2.45) is 0 Å². The summed E-state index contributed by atoms with van der Waals surface area (Å²) in [7, 11) is 0. The fourth-order valence-electron chi connectivity index (χ4n) is 1.02. The molecule has 1 heteroatoms. The molecule has 0 spiro atoms. The van der Waals surface area contributed by atoms with Gasteiger partial charge < -0.3 is 4.74 Å². The van der Waals surface area contributed by atoms with Crippen LogP contribution in [-0.2, 0) is 4.74 Å². The first kappa shape index (κ1) is 7.55. The average molecular weight is 137 g/mol. The quantitative estimate of drug-likeness (QED) is 0.566. The van der Waals surface area contributed by atoms with E-state index >= 15 is 0 Å². The zero-order valence-electron chi connectivity index (χ0n) is 6.50. The molecule has 0 aromatic rings. The molecule has 1 nitrogen and oxygen atoms in total. The summed E-state index contributed by atoms with van der Waals surface area (Å²) in [5.41, 5.74) is -0.163. The molecule has 0 fully saturated rings. The Morgan fingerprint density at radius 2 is 2.10 bits per heavy atom. The summed E-state index contributed by atoms with van der Waals surface area (Å²) in [6.45, 7) is 4.81. The van der Waals surface area contributed by atoms with Gasteiger partial charge in [0.2, 0.25) is 0 Å². The maximum Gasteiger partial charge on any atom is 0.0906 e. The van der Waals surface area contributed by atoms with Crippen LogP contribution in [0.5, 0.6) is 0 Å². The SMILES string of the molecule is CCOC1(C)[CH]C=CC=C1. The van der Waals surface area contributed by atoms with Crippen molar-refractivity contribution >= 4 is 0 Å². The van der Waals surface area contributed by atoms with Crippen LogP contribution in [0.1, 0.15) is 13.8 Å². The molecule has 1 radical (unpaired) electrons. The Bertz CT molecular complexity index is 158. The molecule has 1 rings (SSSR count). The Kier molecular flexibility index (Phi) is 2.28. The van der Waals surface area contributed by atoms with Gasteiger partial charge in [-0.05, 0) is 13.8 Å². The second-order valence-corrected chi connectivity index (χ2v) is 2.53. The summed E-state index contributed by atoms with van der Waals surface area (Å²) in [5, 5.41) is 0. The van der Waals surface area contributed by atoms with Crippen molar-refractivity contribution in [3.05, 3.63) is 30.7 Å². The van der Waals surface area contributed by atoms with Gasteiger partial charge in [0.15, 0.2) is 0 Å². The number of rotatable bonds is 2. The highest BCUT2D eigenvalue weighted by Gasteiger charge is 2.20. The molecule has 0 saturated carbocycles. The maximum absolute atomic E-state index is 5.48. The number of hydrogen-bond donors (Lipinski definition) is 0. The Morgan fingerprint density at radius 1 is 1.30 bits per heavy atom. The molecule has 1 unspecified atom stereocenters. The van der Waals surface area contributed by atoms with Gasteiger partial charge >= 0.3 is 0 Å². The molecule has 0 bridgehead atoms. The van der Waals surface area contributed by atoms with Crippen LogP contribution in [-0.4, -0.2) is 12.2 Å². The van der Waals surface area contributed by atoms with Crippen LogP contribution < -0.4 is 0 Å². The summed E-state index contributed by atoms with van der Waals surface area (Å²) in [5.74, 6) is 0. The molecule has 0 heterocycles. The summed E-state index contributed by atoms with van der Waals surface area (Å²) in [6.07, 6.45) is 10.1. The van der Waals surface area contributed by atoms with Crippen molar-refractivity contribution < 1.29 is 4.74 Å². The fourth-order valence-corrected chi connectivity index (χ4v) is 1.02. The molecular formula is C9H13O. The van der Waals surface area contributed by atoms with Gasteiger partial charge in [0.25, 0.3) is 0 Å². The first-order valence-electron chi connectivity index (χ1n) is 3.61. The largest absolute Gasteiger partial charge is 0.371 e. The Hall–Kier alpha value is -0.560. The molecule has 0 saturated heterocycles. The van der Waals surface area contributed by atoms with Gasteiger partial charge in [-0.2, -0.15) is 0 Å². The molecule has 55 valence electrons. The summed E-state index contributed by atoms with van der Waals surface area (Å²) >= 11 is 0. The van der Waals surface area contributed by atoms with Crippen LogP contribution in [0.3, 0.4) is 0 Å². The van der Waals surface area contributed by atoms with E-state index in [0.29, 0.717) is 0 Å². The molecule has 0 N–H and O–H groups in total. The molecule has 10 heavy (non-hydrogen) atoms. The highest BCUT2D eigenvalue weighted by atomic mass is 16.5. The third-order valence-electron chi connectivity index (χ3n) is 1.53. The lowest BCUT2D eigenvalue weighted by Gasteiger charge is -2.25. The van der Waals surface area contributed by atoms with Gasteiger partial charge in [-0.1, -0.05) is 24.3 Å². The monoisotopic (exact) mass is 137 g/mol. The van der Waals surface area contributed by atoms with E-state index < -0.39 is 0 Å². The Morgan fingerprint density at radius 3 is 2.60 bits per heavy atom. The first-order valence-corrected chi connectivity index (χ1v) is 3.61. The number of hydrogen-bond acceptors (Lipinski definition) is 1. The van der Waals surface area contributed by atoms with Gasteiger partial charge in [-0.25, -0.2) is 0 Å². The molecule has 1 aliphatic carbocycles. The highest BCUT2D eigenvalue weighted by Crippen LogP contribution is 2.19. The van der Waals surface area contributed by atoms with Gasteiger partial charge in [-0.3, -0.25) is 0 Å². The van der Waals surface area contributed by atoms with Crippen molar-refractivity contribution in [1.82, 2.24) is 0 Å². The van der Waals surface area contributed by atoms with Crippen LogP contribution in [0.2, 0.25) is 0 Å². The van der Waals surface area contributed by atoms with Gasteiger partial charge in [0.1, 0.15) is 0 Å². The van der Waals surface area contributed by atoms with E-state index in [9.17, 15) is 0 Å². The maximum atomic E-state index is 5.48. The fraction of sp³-hybridized carbons (Fsp3) is 0.444. The number of allylic oxidation sites excluding steroid dienone is 2. The lowest BCUT2D eigenvalue weighted by molar-refractivity contribution is 0.0412. The Balaban J connectivity index is 2.52. The minimum absolute atomic E-state index is 0.163. The second kappa shape index (κ2) is 3.02. The van der Waals surface area contributed by atoms with Crippen molar-refractivity contribution in [2.75, 3.05) is 6.61 Å². The summed E-state index contributed by atoms with van der Waals surface area (Å²) in [6, 6.07) is 0. The van der Waals surface area contributed by atoms with Crippen LogP contribution >= 0.6 is 0 Å². The van der Waals surface area contributed by atoms with Gasteiger partial charge in [-0.15, -0.1) is 0 Å². The van der Waals surface area contributed by atoms with Crippen molar-refractivity contribution in [3.8, 4) is 0 Å². The summed E-state index contributed by atoms with van der Waals surface area (Å²) in [4.78, 5) is 0. The van der Waals surface area contributed by atoms with E-state index in [1.807, 2.05) is 25.2 Å². The molecule has 1 atom stereocenters. The van der Waals surface area contributed by atoms with Gasteiger partial charge in [0, 0.05) is 13.0 Å². The summed E-state index contributed by atoms with van der Waals surface area (Å²) < 4.78 is 5.48.